The standard InChI is InChI=1S/C10H15N3OS/c14-8-9-6-12-10(7-11-9)13-2-1-4-15-5-3-13/h6-7,14H,1-5,8H2. The van der Waals surface area contributed by atoms with E-state index in [1.807, 2.05) is 11.8 Å². The average molecular weight is 225 g/mol. The van der Waals surface area contributed by atoms with Crippen LogP contribution >= 0.6 is 11.8 Å². The summed E-state index contributed by atoms with van der Waals surface area (Å²) in [7, 11) is 0. The second-order valence-corrected chi connectivity index (χ2v) is 4.70. The highest BCUT2D eigenvalue weighted by Gasteiger charge is 2.11. The number of thioether (sulfide) groups is 1. The van der Waals surface area contributed by atoms with Crippen LogP contribution in [-0.4, -0.2) is 39.7 Å². The van der Waals surface area contributed by atoms with Gasteiger partial charge in [0.1, 0.15) is 5.82 Å². The Balaban J connectivity index is 2.06. The fraction of sp³-hybridized carbons (Fsp3) is 0.600. The van der Waals surface area contributed by atoms with Gasteiger partial charge in [-0.05, 0) is 12.2 Å². The summed E-state index contributed by atoms with van der Waals surface area (Å²) in [5.41, 5.74) is 0.628. The first-order chi connectivity index (χ1) is 7.40. The molecule has 2 heterocycles. The molecule has 82 valence electrons. The lowest BCUT2D eigenvalue weighted by molar-refractivity contribution is 0.276. The van der Waals surface area contributed by atoms with Crippen molar-refractivity contribution in [3.8, 4) is 0 Å². The Hall–Kier alpha value is -0.810. The largest absolute Gasteiger partial charge is 0.390 e. The van der Waals surface area contributed by atoms with Crippen molar-refractivity contribution in [2.45, 2.75) is 13.0 Å². The third-order valence-electron chi connectivity index (χ3n) is 2.40. The van der Waals surface area contributed by atoms with Crippen LogP contribution < -0.4 is 4.90 Å². The molecule has 1 aliphatic rings. The molecule has 0 atom stereocenters. The highest BCUT2D eigenvalue weighted by Crippen LogP contribution is 2.15. The summed E-state index contributed by atoms with van der Waals surface area (Å²) in [6, 6.07) is 0. The van der Waals surface area contributed by atoms with Crippen molar-refractivity contribution in [1.29, 1.82) is 0 Å². The summed E-state index contributed by atoms with van der Waals surface area (Å²) in [4.78, 5) is 10.7. The lowest BCUT2D eigenvalue weighted by atomic mass is 10.4. The fourth-order valence-corrected chi connectivity index (χ4v) is 2.45. The fourth-order valence-electron chi connectivity index (χ4n) is 1.57. The zero-order valence-corrected chi connectivity index (χ0v) is 9.41. The van der Waals surface area contributed by atoms with Crippen molar-refractivity contribution in [2.24, 2.45) is 0 Å². The summed E-state index contributed by atoms with van der Waals surface area (Å²) in [6.45, 7) is 2.06. The van der Waals surface area contributed by atoms with Gasteiger partial charge < -0.3 is 10.0 Å². The molecule has 4 nitrogen and oxygen atoms in total. The minimum Gasteiger partial charge on any atom is -0.390 e. The lowest BCUT2D eigenvalue weighted by Crippen LogP contribution is -2.26. The lowest BCUT2D eigenvalue weighted by Gasteiger charge is -2.20. The summed E-state index contributed by atoms with van der Waals surface area (Å²) < 4.78 is 0. The van der Waals surface area contributed by atoms with E-state index >= 15 is 0 Å². The first-order valence-corrected chi connectivity index (χ1v) is 6.30. The van der Waals surface area contributed by atoms with Gasteiger partial charge in [0.2, 0.25) is 0 Å². The number of hydrogen-bond donors (Lipinski definition) is 1. The summed E-state index contributed by atoms with van der Waals surface area (Å²) >= 11 is 1.99. The molecule has 1 aromatic rings. The molecule has 1 aliphatic heterocycles. The Morgan fingerprint density at radius 1 is 1.27 bits per heavy atom. The molecule has 0 saturated carbocycles. The Labute approximate surface area is 93.7 Å². The van der Waals surface area contributed by atoms with Gasteiger partial charge in [0, 0.05) is 18.8 Å². The Morgan fingerprint density at radius 3 is 2.93 bits per heavy atom. The van der Waals surface area contributed by atoms with E-state index in [4.69, 9.17) is 5.11 Å². The van der Waals surface area contributed by atoms with E-state index in [1.54, 1.807) is 12.4 Å². The molecule has 0 radical (unpaired) electrons. The van der Waals surface area contributed by atoms with Gasteiger partial charge in [-0.2, -0.15) is 11.8 Å². The molecule has 0 bridgehead atoms. The van der Waals surface area contributed by atoms with E-state index in [2.05, 4.69) is 14.9 Å². The van der Waals surface area contributed by atoms with E-state index < -0.39 is 0 Å². The van der Waals surface area contributed by atoms with Gasteiger partial charge in [0.15, 0.2) is 0 Å². The number of nitrogens with zero attached hydrogens (tertiary/aromatic N) is 3. The molecule has 0 aromatic carbocycles. The van der Waals surface area contributed by atoms with E-state index in [9.17, 15) is 0 Å². The highest BCUT2D eigenvalue weighted by molar-refractivity contribution is 7.99. The van der Waals surface area contributed by atoms with Crippen molar-refractivity contribution < 1.29 is 5.11 Å². The van der Waals surface area contributed by atoms with Gasteiger partial charge in [-0.3, -0.25) is 4.98 Å². The normalized spacial score (nSPS) is 17.5. The monoisotopic (exact) mass is 225 g/mol. The summed E-state index contributed by atoms with van der Waals surface area (Å²) in [5.74, 6) is 3.32. The summed E-state index contributed by atoms with van der Waals surface area (Å²) in [6.07, 6.45) is 4.60. The summed E-state index contributed by atoms with van der Waals surface area (Å²) in [5, 5.41) is 8.86. The first-order valence-electron chi connectivity index (χ1n) is 5.14. The van der Waals surface area contributed by atoms with Gasteiger partial charge in [-0.25, -0.2) is 4.98 Å². The van der Waals surface area contributed by atoms with Gasteiger partial charge in [-0.15, -0.1) is 0 Å². The number of aliphatic hydroxyl groups excluding tert-OH is 1. The first kappa shape index (κ1) is 10.7. The molecule has 0 unspecified atom stereocenters. The molecular formula is C10H15N3OS. The molecule has 1 fully saturated rings. The SMILES string of the molecule is OCc1cnc(N2CCCSCC2)cn1. The zero-order valence-electron chi connectivity index (χ0n) is 8.59. The van der Waals surface area contributed by atoms with Crippen LogP contribution in [0, 0.1) is 0 Å². The molecule has 0 amide bonds. The Morgan fingerprint density at radius 2 is 2.20 bits per heavy atom. The maximum atomic E-state index is 8.86. The van der Waals surface area contributed by atoms with Crippen LogP contribution in [0.4, 0.5) is 5.82 Å². The molecule has 0 aliphatic carbocycles. The highest BCUT2D eigenvalue weighted by atomic mass is 32.2. The number of aromatic nitrogens is 2. The quantitative estimate of drug-likeness (QED) is 0.811. The van der Waals surface area contributed by atoms with E-state index in [0.717, 1.165) is 24.7 Å². The number of hydrogen-bond acceptors (Lipinski definition) is 5. The Bertz CT molecular complexity index is 296. The van der Waals surface area contributed by atoms with Crippen LogP contribution in [-0.2, 0) is 6.61 Å². The Kier molecular flexibility index (Phi) is 3.80. The molecule has 1 N–H and O–H groups in total. The van der Waals surface area contributed by atoms with Crippen LogP contribution in [0.5, 0.6) is 0 Å². The predicted molar refractivity (Wildman–Crippen MR) is 62.1 cm³/mol. The van der Waals surface area contributed by atoms with Gasteiger partial charge in [-0.1, -0.05) is 0 Å². The molecule has 2 rings (SSSR count). The average Bonchev–Trinajstić information content (AvgIpc) is 2.58. The molecule has 15 heavy (non-hydrogen) atoms. The minimum absolute atomic E-state index is 0.0386. The van der Waals surface area contributed by atoms with E-state index in [-0.39, 0.29) is 6.61 Å². The third kappa shape index (κ3) is 2.82. The van der Waals surface area contributed by atoms with Gasteiger partial charge >= 0.3 is 0 Å². The number of anilines is 1. The van der Waals surface area contributed by atoms with Gasteiger partial charge in [0.25, 0.3) is 0 Å². The molecule has 5 heteroatoms. The van der Waals surface area contributed by atoms with Gasteiger partial charge in [0.05, 0.1) is 24.7 Å². The zero-order chi connectivity index (χ0) is 10.5. The molecule has 1 saturated heterocycles. The number of aliphatic hydroxyl groups is 1. The van der Waals surface area contributed by atoms with Crippen molar-refractivity contribution in [3.05, 3.63) is 18.1 Å². The topological polar surface area (TPSA) is 49.3 Å². The molecule has 1 aromatic heterocycles. The van der Waals surface area contributed by atoms with Crippen molar-refractivity contribution >= 4 is 17.6 Å². The second kappa shape index (κ2) is 5.32. The molecular weight excluding hydrogens is 210 g/mol. The van der Waals surface area contributed by atoms with Crippen molar-refractivity contribution in [3.63, 3.8) is 0 Å². The second-order valence-electron chi connectivity index (χ2n) is 3.48. The third-order valence-corrected chi connectivity index (χ3v) is 3.45. The van der Waals surface area contributed by atoms with E-state index in [1.165, 1.54) is 12.2 Å². The van der Waals surface area contributed by atoms with E-state index in [0.29, 0.717) is 5.69 Å². The molecule has 0 spiro atoms. The van der Waals surface area contributed by atoms with Crippen LogP contribution in [0.25, 0.3) is 0 Å². The van der Waals surface area contributed by atoms with Crippen LogP contribution in [0.2, 0.25) is 0 Å². The maximum absolute atomic E-state index is 8.86. The van der Waals surface area contributed by atoms with Crippen molar-refractivity contribution in [1.82, 2.24) is 9.97 Å². The predicted octanol–water partition coefficient (Wildman–Crippen LogP) is 0.912. The van der Waals surface area contributed by atoms with Crippen molar-refractivity contribution in [2.75, 3.05) is 29.5 Å². The maximum Gasteiger partial charge on any atom is 0.147 e. The van der Waals surface area contributed by atoms with Crippen LogP contribution in [0.3, 0.4) is 0 Å². The minimum atomic E-state index is -0.0386. The van der Waals surface area contributed by atoms with Crippen LogP contribution in [0.15, 0.2) is 12.4 Å². The van der Waals surface area contributed by atoms with Crippen LogP contribution in [0.1, 0.15) is 12.1 Å². The smallest absolute Gasteiger partial charge is 0.147 e. The number of rotatable bonds is 2.